The Morgan fingerprint density at radius 3 is 3.10 bits per heavy atom. The zero-order valence-corrected chi connectivity index (χ0v) is 12.1. The maximum Gasteiger partial charge on any atom is 0.189 e. The molecule has 0 spiro atoms. The molecular weight excluding hydrogens is 284 g/mol. The second-order valence-corrected chi connectivity index (χ2v) is 5.67. The van der Waals surface area contributed by atoms with Gasteiger partial charge in [-0.3, -0.25) is 0 Å². The number of nitrogens with zero attached hydrogens (tertiary/aromatic N) is 3. The smallest absolute Gasteiger partial charge is 0.189 e. The topological polar surface area (TPSA) is 84.8 Å². The van der Waals surface area contributed by atoms with E-state index < -0.39 is 0 Å². The van der Waals surface area contributed by atoms with Crippen molar-refractivity contribution in [1.29, 1.82) is 5.26 Å². The zero-order valence-electron chi connectivity index (χ0n) is 11.3. The Hall–Kier alpha value is -2.10. The number of nitriles is 1. The number of hydrogen-bond acceptors (Lipinski definition) is 6. The van der Waals surface area contributed by atoms with Crippen LogP contribution in [-0.2, 0) is 11.2 Å². The fourth-order valence-electron chi connectivity index (χ4n) is 2.30. The molecule has 0 amide bonds. The van der Waals surface area contributed by atoms with Gasteiger partial charge in [0.05, 0.1) is 18.9 Å². The van der Waals surface area contributed by atoms with Crippen LogP contribution >= 0.6 is 11.8 Å². The minimum Gasteiger partial charge on any atom is -0.382 e. The molecule has 2 N–H and O–H groups in total. The average Bonchev–Trinajstić information content (AvgIpc) is 2.53. The van der Waals surface area contributed by atoms with Gasteiger partial charge in [-0.2, -0.15) is 5.26 Å². The molecule has 21 heavy (non-hydrogen) atoms. The largest absolute Gasteiger partial charge is 0.382 e. The van der Waals surface area contributed by atoms with Gasteiger partial charge < -0.3 is 10.5 Å². The van der Waals surface area contributed by atoms with Crippen molar-refractivity contribution in [3.8, 4) is 6.07 Å². The summed E-state index contributed by atoms with van der Waals surface area (Å²) in [5.74, 6) is 0.947. The second-order valence-electron chi connectivity index (χ2n) is 4.68. The highest BCUT2D eigenvalue weighted by atomic mass is 32.2. The molecule has 0 fully saturated rings. The molecule has 2 heterocycles. The van der Waals surface area contributed by atoms with E-state index in [-0.39, 0.29) is 11.9 Å². The quantitative estimate of drug-likeness (QED) is 0.691. The highest BCUT2D eigenvalue weighted by molar-refractivity contribution is 7.99. The second kappa shape index (κ2) is 6.12. The Balaban J connectivity index is 1.72. The predicted octanol–water partition coefficient (Wildman–Crippen LogP) is 2.34. The summed E-state index contributed by atoms with van der Waals surface area (Å²) in [5, 5.41) is 9.38. The Bertz CT molecular complexity index is 698. The van der Waals surface area contributed by atoms with E-state index in [0.29, 0.717) is 10.7 Å². The number of aromatic nitrogens is 2. The van der Waals surface area contributed by atoms with E-state index >= 15 is 0 Å². The number of benzene rings is 1. The normalized spacial score (nSPS) is 17.0. The van der Waals surface area contributed by atoms with Gasteiger partial charge in [-0.1, -0.05) is 36.0 Å². The van der Waals surface area contributed by atoms with Crippen LogP contribution in [0.3, 0.4) is 0 Å². The maximum atomic E-state index is 8.82. The molecule has 1 aromatic heterocycles. The third kappa shape index (κ3) is 2.99. The van der Waals surface area contributed by atoms with Crippen molar-refractivity contribution in [3.05, 3.63) is 47.2 Å². The van der Waals surface area contributed by atoms with E-state index in [1.54, 1.807) is 0 Å². The molecule has 6 heteroatoms. The lowest BCUT2D eigenvalue weighted by Gasteiger charge is -2.25. The van der Waals surface area contributed by atoms with E-state index in [1.807, 2.05) is 12.1 Å². The number of rotatable bonds is 3. The molecule has 0 bridgehead atoms. The Morgan fingerprint density at radius 1 is 1.43 bits per heavy atom. The molecule has 1 atom stereocenters. The Labute approximate surface area is 127 Å². The van der Waals surface area contributed by atoms with Gasteiger partial charge >= 0.3 is 0 Å². The van der Waals surface area contributed by atoms with Crippen LogP contribution in [0, 0.1) is 11.3 Å². The van der Waals surface area contributed by atoms with Gasteiger partial charge in [-0.05, 0) is 17.5 Å². The van der Waals surface area contributed by atoms with Crippen molar-refractivity contribution < 1.29 is 4.74 Å². The van der Waals surface area contributed by atoms with Gasteiger partial charge in [-0.15, -0.1) is 0 Å². The summed E-state index contributed by atoms with van der Waals surface area (Å²) in [7, 11) is 0. The summed E-state index contributed by atoms with van der Waals surface area (Å²) in [5.41, 5.74) is 8.58. The van der Waals surface area contributed by atoms with E-state index in [4.69, 9.17) is 15.7 Å². The van der Waals surface area contributed by atoms with Crippen LogP contribution in [-0.4, -0.2) is 22.3 Å². The third-order valence-corrected chi connectivity index (χ3v) is 4.30. The number of nitrogen functional groups attached to an aromatic ring is 1. The molecule has 0 saturated heterocycles. The van der Waals surface area contributed by atoms with Gasteiger partial charge in [0, 0.05) is 5.75 Å². The number of thioether (sulfide) groups is 1. The van der Waals surface area contributed by atoms with Gasteiger partial charge in [-0.25, -0.2) is 9.97 Å². The third-order valence-electron chi connectivity index (χ3n) is 3.37. The van der Waals surface area contributed by atoms with Crippen molar-refractivity contribution in [2.24, 2.45) is 0 Å². The van der Waals surface area contributed by atoms with Crippen LogP contribution < -0.4 is 5.73 Å². The van der Waals surface area contributed by atoms with Gasteiger partial charge in [0.2, 0.25) is 0 Å². The molecule has 1 aliphatic heterocycles. The van der Waals surface area contributed by atoms with E-state index in [9.17, 15) is 0 Å². The fourth-order valence-corrected chi connectivity index (χ4v) is 3.17. The van der Waals surface area contributed by atoms with Crippen molar-refractivity contribution in [3.63, 3.8) is 0 Å². The van der Waals surface area contributed by atoms with Crippen LogP contribution in [0.1, 0.15) is 22.8 Å². The summed E-state index contributed by atoms with van der Waals surface area (Å²) in [6, 6.07) is 10.3. The monoisotopic (exact) mass is 298 g/mol. The zero-order chi connectivity index (χ0) is 14.7. The van der Waals surface area contributed by atoms with Crippen LogP contribution in [0.4, 0.5) is 5.82 Å². The number of anilines is 1. The van der Waals surface area contributed by atoms with Crippen LogP contribution in [0.15, 0.2) is 35.6 Å². The van der Waals surface area contributed by atoms with Crippen molar-refractivity contribution >= 4 is 17.6 Å². The minimum atomic E-state index is 0.0421. The average molecular weight is 298 g/mol. The molecule has 5 nitrogen and oxygen atoms in total. The SMILES string of the molecule is N#Cc1cnc(SC[C@H]2OCCc3ccccc32)nc1N. The first kappa shape index (κ1) is 13.9. The van der Waals surface area contributed by atoms with Gasteiger partial charge in [0.1, 0.15) is 17.5 Å². The summed E-state index contributed by atoms with van der Waals surface area (Å²) in [4.78, 5) is 8.28. The first-order valence-electron chi connectivity index (χ1n) is 6.62. The lowest BCUT2D eigenvalue weighted by atomic mass is 9.99. The molecule has 1 aliphatic rings. The number of hydrogen-bond donors (Lipinski definition) is 1. The van der Waals surface area contributed by atoms with Gasteiger partial charge in [0.25, 0.3) is 0 Å². The molecule has 106 valence electrons. The number of fused-ring (bicyclic) bond motifs is 1. The highest BCUT2D eigenvalue weighted by Crippen LogP contribution is 2.31. The lowest BCUT2D eigenvalue weighted by Crippen LogP contribution is -2.18. The van der Waals surface area contributed by atoms with Crippen LogP contribution in [0.2, 0.25) is 0 Å². The first-order chi connectivity index (χ1) is 10.3. The highest BCUT2D eigenvalue weighted by Gasteiger charge is 2.21. The maximum absolute atomic E-state index is 8.82. The molecule has 2 aromatic rings. The molecular formula is C15H14N4OS. The summed E-state index contributed by atoms with van der Waals surface area (Å²) < 4.78 is 5.84. The first-order valence-corrected chi connectivity index (χ1v) is 7.61. The van der Waals surface area contributed by atoms with Crippen LogP contribution in [0.25, 0.3) is 0 Å². The summed E-state index contributed by atoms with van der Waals surface area (Å²) >= 11 is 1.49. The van der Waals surface area contributed by atoms with E-state index in [1.165, 1.54) is 29.1 Å². The summed E-state index contributed by atoms with van der Waals surface area (Å²) in [6.07, 6.45) is 2.46. The molecule has 3 rings (SSSR count). The Kier molecular flexibility index (Phi) is 4.04. The molecule has 0 radical (unpaired) electrons. The summed E-state index contributed by atoms with van der Waals surface area (Å²) in [6.45, 7) is 0.735. The molecule has 0 saturated carbocycles. The van der Waals surface area contributed by atoms with Gasteiger partial charge in [0.15, 0.2) is 5.16 Å². The standard InChI is InChI=1S/C15H14N4OS/c16-7-11-8-18-15(19-14(11)17)21-9-13-12-4-2-1-3-10(12)5-6-20-13/h1-4,8,13H,5-6,9H2,(H2,17,18,19)/t13-/m1/s1. The lowest BCUT2D eigenvalue weighted by molar-refractivity contribution is 0.0587. The number of ether oxygens (including phenoxy) is 1. The fraction of sp³-hybridized carbons (Fsp3) is 0.267. The molecule has 0 unspecified atom stereocenters. The van der Waals surface area contributed by atoms with E-state index in [2.05, 4.69) is 28.2 Å². The Morgan fingerprint density at radius 2 is 2.29 bits per heavy atom. The van der Waals surface area contributed by atoms with Crippen LogP contribution in [0.5, 0.6) is 0 Å². The van der Waals surface area contributed by atoms with E-state index in [0.717, 1.165) is 18.8 Å². The molecule has 0 aliphatic carbocycles. The number of nitrogens with two attached hydrogens (primary N) is 1. The molecule has 1 aromatic carbocycles. The minimum absolute atomic E-state index is 0.0421. The van der Waals surface area contributed by atoms with Crippen molar-refractivity contribution in [2.45, 2.75) is 17.7 Å². The predicted molar refractivity (Wildman–Crippen MR) is 80.7 cm³/mol. The van der Waals surface area contributed by atoms with Crippen molar-refractivity contribution in [2.75, 3.05) is 18.1 Å². The van der Waals surface area contributed by atoms with Crippen molar-refractivity contribution in [1.82, 2.24) is 9.97 Å².